The van der Waals surface area contributed by atoms with Crippen molar-refractivity contribution in [3.8, 4) is 0 Å². The molecule has 0 aromatic carbocycles. The lowest BCUT2D eigenvalue weighted by Crippen LogP contribution is -2.52. The molecule has 2 rings (SSSR count). The zero-order chi connectivity index (χ0) is 10.2. The van der Waals surface area contributed by atoms with Crippen LogP contribution in [0.1, 0.15) is 39.0 Å². The monoisotopic (exact) mass is 200 g/mol. The maximum Gasteiger partial charge on any atom is 0.313 e. The van der Waals surface area contributed by atoms with Crippen molar-refractivity contribution in [2.24, 2.45) is 5.92 Å². The Balaban J connectivity index is 2.15. The van der Waals surface area contributed by atoms with Gasteiger partial charge in [-0.2, -0.15) is 0 Å². The van der Waals surface area contributed by atoms with Gasteiger partial charge in [-0.3, -0.25) is 4.79 Å². The van der Waals surface area contributed by atoms with Crippen molar-refractivity contribution in [1.29, 1.82) is 0 Å². The molecule has 0 aromatic rings. The minimum atomic E-state index is -0.989. The Morgan fingerprint density at radius 1 is 1.50 bits per heavy atom. The van der Waals surface area contributed by atoms with Crippen LogP contribution < -0.4 is 0 Å². The predicted molar refractivity (Wildman–Crippen MR) is 48.2 cm³/mol. The van der Waals surface area contributed by atoms with Crippen LogP contribution in [0.5, 0.6) is 0 Å². The maximum absolute atomic E-state index is 11.2. The van der Waals surface area contributed by atoms with Gasteiger partial charge in [0.1, 0.15) is 0 Å². The van der Waals surface area contributed by atoms with E-state index in [0.29, 0.717) is 6.42 Å². The van der Waals surface area contributed by atoms with Crippen LogP contribution in [-0.2, 0) is 14.3 Å². The number of aliphatic hydroxyl groups excluding tert-OH is 1. The fraction of sp³-hybridized carbons (Fsp3) is 0.900. The second-order valence-corrected chi connectivity index (χ2v) is 4.21. The van der Waals surface area contributed by atoms with Crippen LogP contribution in [-0.4, -0.2) is 23.2 Å². The van der Waals surface area contributed by atoms with E-state index in [-0.39, 0.29) is 18.3 Å². The number of rotatable bonds is 0. The van der Waals surface area contributed by atoms with Crippen molar-refractivity contribution in [2.75, 3.05) is 0 Å². The zero-order valence-corrected chi connectivity index (χ0v) is 8.36. The first-order valence-corrected chi connectivity index (χ1v) is 5.20. The molecule has 80 valence electrons. The summed E-state index contributed by atoms with van der Waals surface area (Å²) < 4.78 is 10.7. The quantitative estimate of drug-likeness (QED) is 0.596. The fourth-order valence-corrected chi connectivity index (χ4v) is 2.29. The van der Waals surface area contributed by atoms with Gasteiger partial charge in [0.05, 0.1) is 6.42 Å². The average Bonchev–Trinajstić information content (AvgIpc) is 2.08. The van der Waals surface area contributed by atoms with Crippen molar-refractivity contribution >= 4 is 5.97 Å². The molecule has 3 unspecified atom stereocenters. The van der Waals surface area contributed by atoms with Gasteiger partial charge in [0, 0.05) is 12.3 Å². The second-order valence-electron chi connectivity index (χ2n) is 4.21. The Labute approximate surface area is 83.2 Å². The minimum Gasteiger partial charge on any atom is -0.433 e. The van der Waals surface area contributed by atoms with E-state index in [1.807, 2.05) is 6.92 Å². The molecule has 0 amide bonds. The molecule has 0 bridgehead atoms. The Morgan fingerprint density at radius 3 is 2.93 bits per heavy atom. The van der Waals surface area contributed by atoms with Crippen LogP contribution in [0.15, 0.2) is 0 Å². The van der Waals surface area contributed by atoms with Gasteiger partial charge in [0.25, 0.3) is 0 Å². The Bertz CT molecular complexity index is 240. The molecular formula is C10H16O4. The van der Waals surface area contributed by atoms with Crippen LogP contribution in [0.4, 0.5) is 0 Å². The number of hydrogen-bond donors (Lipinski definition) is 1. The third-order valence-electron chi connectivity index (χ3n) is 3.13. The summed E-state index contributed by atoms with van der Waals surface area (Å²) in [5.74, 6) is -1.01. The third kappa shape index (κ3) is 1.64. The molecule has 0 radical (unpaired) electrons. The lowest BCUT2D eigenvalue weighted by molar-refractivity contribution is -0.338. The molecule has 4 heteroatoms. The van der Waals surface area contributed by atoms with E-state index in [4.69, 9.17) is 9.47 Å². The number of esters is 1. The average molecular weight is 200 g/mol. The second kappa shape index (κ2) is 3.51. The Hall–Kier alpha value is -0.610. The van der Waals surface area contributed by atoms with Gasteiger partial charge in [0.15, 0.2) is 6.29 Å². The van der Waals surface area contributed by atoms with Gasteiger partial charge < -0.3 is 14.6 Å². The van der Waals surface area contributed by atoms with E-state index < -0.39 is 12.1 Å². The highest BCUT2D eigenvalue weighted by molar-refractivity contribution is 5.70. The predicted octanol–water partition coefficient (Wildman–Crippen LogP) is 1.17. The van der Waals surface area contributed by atoms with E-state index >= 15 is 0 Å². The van der Waals surface area contributed by atoms with Crippen molar-refractivity contribution in [1.82, 2.24) is 0 Å². The largest absolute Gasteiger partial charge is 0.433 e. The summed E-state index contributed by atoms with van der Waals surface area (Å²) in [7, 11) is 0. The third-order valence-corrected chi connectivity index (χ3v) is 3.13. The molecule has 1 saturated carbocycles. The molecule has 2 fully saturated rings. The van der Waals surface area contributed by atoms with E-state index in [0.717, 1.165) is 19.3 Å². The standard InChI is InChI=1S/C10H16O4/c1-7-4-2-3-5-10(7)13-8(11)6-9(12)14-10/h7-8,11H,2-6H2,1H3. The van der Waals surface area contributed by atoms with Crippen LogP contribution in [0.25, 0.3) is 0 Å². The number of carbonyl (C=O) groups excluding carboxylic acids is 1. The highest BCUT2D eigenvalue weighted by atomic mass is 16.8. The summed E-state index contributed by atoms with van der Waals surface area (Å²) in [6, 6.07) is 0. The SMILES string of the molecule is CC1CCCCC12OC(=O)CC(O)O2. The van der Waals surface area contributed by atoms with Crippen LogP contribution in [0.3, 0.4) is 0 Å². The molecule has 14 heavy (non-hydrogen) atoms. The first kappa shape index (κ1) is 9.93. The van der Waals surface area contributed by atoms with Crippen molar-refractivity contribution < 1.29 is 19.4 Å². The molecule has 1 aliphatic carbocycles. The van der Waals surface area contributed by atoms with Crippen LogP contribution in [0, 0.1) is 5.92 Å². The summed E-state index contributed by atoms with van der Waals surface area (Å²) in [5, 5.41) is 9.39. The molecule has 4 nitrogen and oxygen atoms in total. The minimum absolute atomic E-state index is 0.0472. The summed E-state index contributed by atoms with van der Waals surface area (Å²) >= 11 is 0. The summed E-state index contributed by atoms with van der Waals surface area (Å²) in [6.07, 6.45) is 2.78. The molecular weight excluding hydrogens is 184 g/mol. The number of hydrogen-bond acceptors (Lipinski definition) is 4. The normalized spacial score (nSPS) is 43.7. The van der Waals surface area contributed by atoms with Gasteiger partial charge in [-0.05, 0) is 12.8 Å². The molecule has 1 spiro atoms. The van der Waals surface area contributed by atoms with Crippen molar-refractivity contribution in [3.05, 3.63) is 0 Å². The van der Waals surface area contributed by atoms with Gasteiger partial charge in [-0.15, -0.1) is 0 Å². The summed E-state index contributed by atoms with van der Waals surface area (Å²) in [5.41, 5.74) is 0. The zero-order valence-electron chi connectivity index (χ0n) is 8.36. The van der Waals surface area contributed by atoms with Gasteiger partial charge in [-0.25, -0.2) is 0 Å². The lowest BCUT2D eigenvalue weighted by atomic mass is 9.84. The number of carbonyl (C=O) groups is 1. The Morgan fingerprint density at radius 2 is 2.29 bits per heavy atom. The van der Waals surface area contributed by atoms with Crippen LogP contribution >= 0.6 is 0 Å². The molecule has 1 heterocycles. The van der Waals surface area contributed by atoms with Gasteiger partial charge in [0.2, 0.25) is 5.79 Å². The van der Waals surface area contributed by atoms with Crippen molar-refractivity contribution in [2.45, 2.75) is 51.1 Å². The molecule has 1 N–H and O–H groups in total. The Kier molecular flexibility index (Phi) is 2.49. The molecule has 1 saturated heterocycles. The van der Waals surface area contributed by atoms with Gasteiger partial charge >= 0.3 is 5.97 Å². The highest BCUT2D eigenvalue weighted by Gasteiger charge is 2.47. The topological polar surface area (TPSA) is 55.8 Å². The molecule has 2 aliphatic rings. The van der Waals surface area contributed by atoms with Crippen molar-refractivity contribution in [3.63, 3.8) is 0 Å². The fourth-order valence-electron chi connectivity index (χ4n) is 2.29. The first-order valence-electron chi connectivity index (χ1n) is 5.20. The lowest BCUT2D eigenvalue weighted by Gasteiger charge is -2.44. The van der Waals surface area contributed by atoms with E-state index in [1.54, 1.807) is 0 Å². The maximum atomic E-state index is 11.2. The highest BCUT2D eigenvalue weighted by Crippen LogP contribution is 2.40. The molecule has 3 atom stereocenters. The summed E-state index contributed by atoms with van der Waals surface area (Å²) in [4.78, 5) is 11.2. The number of ether oxygens (including phenoxy) is 2. The van der Waals surface area contributed by atoms with Gasteiger partial charge in [-0.1, -0.05) is 13.3 Å². The smallest absolute Gasteiger partial charge is 0.313 e. The van der Waals surface area contributed by atoms with E-state index in [9.17, 15) is 9.90 Å². The molecule has 0 aromatic heterocycles. The number of aliphatic hydroxyl groups is 1. The van der Waals surface area contributed by atoms with E-state index in [1.165, 1.54) is 0 Å². The molecule has 1 aliphatic heterocycles. The first-order chi connectivity index (χ1) is 6.62. The van der Waals surface area contributed by atoms with Crippen LogP contribution in [0.2, 0.25) is 0 Å². The summed E-state index contributed by atoms with van der Waals surface area (Å²) in [6.45, 7) is 2.00. The van der Waals surface area contributed by atoms with E-state index in [2.05, 4.69) is 0 Å².